The van der Waals surface area contributed by atoms with E-state index < -0.39 is 60.3 Å². The first-order chi connectivity index (χ1) is 14.9. The van der Waals surface area contributed by atoms with Crippen LogP contribution in [0.4, 0.5) is 0 Å². The predicted octanol–water partition coefficient (Wildman–Crippen LogP) is -2.99. The summed E-state index contributed by atoms with van der Waals surface area (Å²) < 4.78 is 0. The molecule has 0 aromatic carbocycles. The molecule has 4 atom stereocenters. The van der Waals surface area contributed by atoms with Gasteiger partial charge >= 0.3 is 29.8 Å². The van der Waals surface area contributed by atoms with E-state index in [1.165, 1.54) is 0 Å². The molecule has 0 aliphatic carbocycles. The molecular formula is C17H35N5O11. The summed E-state index contributed by atoms with van der Waals surface area (Å²) in [5.41, 5.74) is 24.5. The third-order valence-corrected chi connectivity index (χ3v) is 3.45. The van der Waals surface area contributed by atoms with Gasteiger partial charge in [-0.3, -0.25) is 28.8 Å². The third kappa shape index (κ3) is 30.9. The highest BCUT2D eigenvalue weighted by atomic mass is 16.4. The number of hydrogen-bond donors (Lipinski definition) is 10. The summed E-state index contributed by atoms with van der Waals surface area (Å²) in [7, 11) is 0. The lowest BCUT2D eigenvalue weighted by atomic mass is 10.0. The maximum atomic E-state index is 10.2. The highest BCUT2D eigenvalue weighted by Crippen LogP contribution is 2.04. The number of nitrogens with two attached hydrogens (primary N) is 5. The number of rotatable bonds is 11. The van der Waals surface area contributed by atoms with E-state index in [2.05, 4.69) is 5.73 Å². The fraction of sp³-hybridized carbons (Fsp3) is 0.647. The van der Waals surface area contributed by atoms with Gasteiger partial charge < -0.3 is 54.2 Å². The Balaban J connectivity index is -0.000000174. The van der Waals surface area contributed by atoms with Gasteiger partial charge in [0.25, 0.3) is 0 Å². The second-order valence-electron chi connectivity index (χ2n) is 6.34. The van der Waals surface area contributed by atoms with Crippen LogP contribution in [0.25, 0.3) is 0 Å². The molecule has 15 N–H and O–H groups in total. The van der Waals surface area contributed by atoms with Crippen LogP contribution >= 0.6 is 0 Å². The van der Waals surface area contributed by atoms with Crippen LogP contribution in [-0.2, 0) is 28.8 Å². The molecule has 16 heteroatoms. The van der Waals surface area contributed by atoms with Gasteiger partial charge in [0, 0.05) is 6.42 Å². The fourth-order valence-electron chi connectivity index (χ4n) is 1.19. The van der Waals surface area contributed by atoms with Crippen molar-refractivity contribution in [2.75, 3.05) is 6.54 Å². The number of carbonyl (C=O) groups excluding carboxylic acids is 1. The molecule has 0 radical (unpaired) electrons. The van der Waals surface area contributed by atoms with E-state index in [0.717, 1.165) is 6.42 Å². The number of carbonyl (C=O) groups is 6. The van der Waals surface area contributed by atoms with Crippen molar-refractivity contribution in [3.63, 3.8) is 0 Å². The summed E-state index contributed by atoms with van der Waals surface area (Å²) in [4.78, 5) is 59.2. The Hall–Kier alpha value is -3.34. The van der Waals surface area contributed by atoms with Crippen LogP contribution in [-0.4, -0.2) is 86.0 Å². The summed E-state index contributed by atoms with van der Waals surface area (Å²) in [6.45, 7) is 3.48. The topological polar surface area (TPSA) is 334 Å². The molecule has 0 spiro atoms. The van der Waals surface area contributed by atoms with Crippen molar-refractivity contribution < 1.29 is 54.3 Å². The average Bonchev–Trinajstić information content (AvgIpc) is 2.71. The van der Waals surface area contributed by atoms with Gasteiger partial charge in [0.05, 0.1) is 13.0 Å². The van der Waals surface area contributed by atoms with Gasteiger partial charge in [-0.25, -0.2) is 0 Å². The normalized spacial score (nSPS) is 12.9. The van der Waals surface area contributed by atoms with Crippen LogP contribution < -0.4 is 28.7 Å². The lowest BCUT2D eigenvalue weighted by Gasteiger charge is -2.11. The standard InChI is InChI=1S/C6H13NO2.C5H10N2O3.C4H7NO4.C2H5NO2/c1-3-4(2)5(7)6(8)9;6-3(5(9)10)1-2-4(7)8;5-2(4(8)9)1-3(6)7;3-1-2(4)5/h4-5H,3,7H2,1-2H3,(H,8,9);3H,1-2,6H2,(H2,7,8)(H,9,10);2H,1,5H2,(H,6,7)(H,8,9);1,3H2,(H,4,5)/t4-,5-;3-;2-;/m000./s1. The van der Waals surface area contributed by atoms with Crippen molar-refractivity contribution >= 4 is 35.8 Å². The monoisotopic (exact) mass is 485 g/mol. The number of carboxylic acids is 5. The summed E-state index contributed by atoms with van der Waals surface area (Å²) in [6.07, 6.45) is 0.404. The Labute approximate surface area is 189 Å². The van der Waals surface area contributed by atoms with Gasteiger partial charge in [0.1, 0.15) is 18.1 Å². The van der Waals surface area contributed by atoms with Crippen LogP contribution in [0.2, 0.25) is 0 Å². The highest BCUT2D eigenvalue weighted by molar-refractivity contribution is 5.80. The zero-order valence-corrected chi connectivity index (χ0v) is 18.4. The van der Waals surface area contributed by atoms with Crippen molar-refractivity contribution in [2.24, 2.45) is 34.6 Å². The Morgan fingerprint density at radius 1 is 0.758 bits per heavy atom. The van der Waals surface area contributed by atoms with Gasteiger partial charge in [0.15, 0.2) is 0 Å². The molecule has 0 unspecified atom stereocenters. The Morgan fingerprint density at radius 3 is 1.30 bits per heavy atom. The van der Waals surface area contributed by atoms with Crippen molar-refractivity contribution in [3.8, 4) is 0 Å². The van der Waals surface area contributed by atoms with Crippen LogP contribution in [0.5, 0.6) is 0 Å². The second kappa shape index (κ2) is 21.9. The number of carboxylic acid groups (broad SMARTS) is 5. The summed E-state index contributed by atoms with van der Waals surface area (Å²) in [5, 5.41) is 40.2. The molecule has 194 valence electrons. The molecule has 0 aliphatic heterocycles. The van der Waals surface area contributed by atoms with Gasteiger partial charge in [0.2, 0.25) is 5.91 Å². The second-order valence-corrected chi connectivity index (χ2v) is 6.34. The van der Waals surface area contributed by atoms with E-state index in [4.69, 9.17) is 48.5 Å². The molecular weight excluding hydrogens is 450 g/mol. The predicted molar refractivity (Wildman–Crippen MR) is 114 cm³/mol. The molecule has 0 saturated heterocycles. The molecule has 0 bridgehead atoms. The maximum Gasteiger partial charge on any atom is 0.321 e. The summed E-state index contributed by atoms with van der Waals surface area (Å²) in [5.74, 6) is -5.95. The third-order valence-electron chi connectivity index (χ3n) is 3.45. The van der Waals surface area contributed by atoms with Gasteiger partial charge in [-0.2, -0.15) is 0 Å². The Morgan fingerprint density at radius 2 is 1.15 bits per heavy atom. The van der Waals surface area contributed by atoms with E-state index in [0.29, 0.717) is 0 Å². The summed E-state index contributed by atoms with van der Waals surface area (Å²) >= 11 is 0. The van der Waals surface area contributed by atoms with Gasteiger partial charge in [-0.05, 0) is 12.3 Å². The van der Waals surface area contributed by atoms with Gasteiger partial charge in [-0.15, -0.1) is 0 Å². The molecule has 1 amide bonds. The number of hydrogen-bond acceptors (Lipinski definition) is 10. The van der Waals surface area contributed by atoms with E-state index in [1.54, 1.807) is 0 Å². The van der Waals surface area contributed by atoms with Crippen molar-refractivity contribution in [1.82, 2.24) is 0 Å². The van der Waals surface area contributed by atoms with Crippen LogP contribution in [0.15, 0.2) is 0 Å². The molecule has 33 heavy (non-hydrogen) atoms. The van der Waals surface area contributed by atoms with E-state index in [9.17, 15) is 28.8 Å². The minimum absolute atomic E-state index is 0.0213. The van der Waals surface area contributed by atoms with Crippen LogP contribution in [0, 0.1) is 5.92 Å². The molecule has 0 heterocycles. The smallest absolute Gasteiger partial charge is 0.321 e. The maximum absolute atomic E-state index is 10.2. The molecule has 0 aromatic heterocycles. The number of aliphatic carboxylic acids is 5. The average molecular weight is 485 g/mol. The number of primary amides is 1. The SMILES string of the molecule is CC[C@H](C)[C@H](N)C(=O)O.NC(=O)CC[C@H](N)C(=O)O.NCC(=O)O.N[C@@H](CC(=O)O)C(=O)O. The molecule has 0 fully saturated rings. The molecule has 0 rings (SSSR count). The van der Waals surface area contributed by atoms with E-state index >= 15 is 0 Å². The zero-order valence-electron chi connectivity index (χ0n) is 18.4. The van der Waals surface area contributed by atoms with Gasteiger partial charge in [-0.1, -0.05) is 20.3 Å². The molecule has 0 aromatic rings. The minimum atomic E-state index is -1.29. The number of amides is 1. The highest BCUT2D eigenvalue weighted by Gasteiger charge is 2.17. The molecule has 16 nitrogen and oxygen atoms in total. The first-order valence-electron chi connectivity index (χ1n) is 9.31. The molecule has 0 saturated carbocycles. The largest absolute Gasteiger partial charge is 0.481 e. The first kappa shape index (κ1) is 37.0. The van der Waals surface area contributed by atoms with E-state index in [-0.39, 0.29) is 25.3 Å². The first-order valence-corrected chi connectivity index (χ1v) is 9.31. The fourth-order valence-corrected chi connectivity index (χ4v) is 1.19. The van der Waals surface area contributed by atoms with Crippen LogP contribution in [0.1, 0.15) is 39.5 Å². The molecule has 0 aliphatic rings. The Kier molecular flexibility index (Phi) is 24.5. The van der Waals surface area contributed by atoms with Crippen molar-refractivity contribution in [1.29, 1.82) is 0 Å². The van der Waals surface area contributed by atoms with Crippen molar-refractivity contribution in [2.45, 2.75) is 57.7 Å². The van der Waals surface area contributed by atoms with Crippen molar-refractivity contribution in [3.05, 3.63) is 0 Å². The van der Waals surface area contributed by atoms with Crippen LogP contribution in [0.3, 0.4) is 0 Å². The van der Waals surface area contributed by atoms with E-state index in [1.807, 2.05) is 13.8 Å². The lowest BCUT2D eigenvalue weighted by molar-refractivity contribution is -0.144. The lowest BCUT2D eigenvalue weighted by Crippen LogP contribution is -2.36. The minimum Gasteiger partial charge on any atom is -0.481 e. The Bertz CT molecular complexity index is 630. The summed E-state index contributed by atoms with van der Waals surface area (Å²) in [6, 6.07) is -2.97. The quantitative estimate of drug-likeness (QED) is 0.139. The zero-order chi connectivity index (χ0) is 27.3.